The number of para-hydroxylation sites is 2. The highest BCUT2D eigenvalue weighted by Gasteiger charge is 2.54. The van der Waals surface area contributed by atoms with Crippen molar-refractivity contribution >= 4 is 17.3 Å². The zero-order valence-electron chi connectivity index (χ0n) is 28.1. The Kier molecular flexibility index (Phi) is 9.22. The lowest BCUT2D eigenvalue weighted by Gasteiger charge is -2.32. The number of carbonyl (C=O) groups excluding carboxylic acids is 1. The summed E-state index contributed by atoms with van der Waals surface area (Å²) in [6, 6.07) is 49.5. The molecule has 0 aromatic heterocycles. The van der Waals surface area contributed by atoms with Crippen LogP contribution in [-0.4, -0.2) is 41.5 Å². The van der Waals surface area contributed by atoms with Crippen LogP contribution in [0.3, 0.4) is 0 Å². The second kappa shape index (κ2) is 14.0. The van der Waals surface area contributed by atoms with Gasteiger partial charge in [-0.1, -0.05) is 109 Å². The monoisotopic (exact) mass is 661 g/mol. The summed E-state index contributed by atoms with van der Waals surface area (Å²) in [7, 11) is 0. The highest BCUT2D eigenvalue weighted by molar-refractivity contribution is 6.17. The molecule has 2 atom stereocenters. The maximum absolute atomic E-state index is 15.6. The maximum atomic E-state index is 15.6. The molecule has 6 aromatic carbocycles. The SMILES string of the molecule is CC(CO)Oc1ccc(C2(c3ccc(OC(C)CO)c(-c4ccccc4)c3)C(=O)N(c3ccccc3)c3ccccc32)cc1-c1ccccc1. The van der Waals surface area contributed by atoms with E-state index < -0.39 is 17.6 Å². The lowest BCUT2D eigenvalue weighted by atomic mass is 9.69. The van der Waals surface area contributed by atoms with Crippen LogP contribution in [0.25, 0.3) is 22.3 Å². The van der Waals surface area contributed by atoms with Crippen molar-refractivity contribution in [1.29, 1.82) is 0 Å². The van der Waals surface area contributed by atoms with E-state index in [2.05, 4.69) is 12.1 Å². The Balaban J connectivity index is 1.54. The van der Waals surface area contributed by atoms with Crippen LogP contribution >= 0.6 is 0 Å². The number of benzene rings is 6. The zero-order chi connectivity index (χ0) is 34.7. The van der Waals surface area contributed by atoms with E-state index >= 15 is 4.79 Å². The van der Waals surface area contributed by atoms with Crippen LogP contribution in [0.4, 0.5) is 11.4 Å². The fourth-order valence-electron chi connectivity index (χ4n) is 6.86. The van der Waals surface area contributed by atoms with Crippen LogP contribution < -0.4 is 14.4 Å². The number of carbonyl (C=O) groups is 1. The highest BCUT2D eigenvalue weighted by Crippen LogP contribution is 2.54. The molecule has 0 bridgehead atoms. The van der Waals surface area contributed by atoms with Gasteiger partial charge < -0.3 is 19.7 Å². The highest BCUT2D eigenvalue weighted by atomic mass is 16.5. The van der Waals surface area contributed by atoms with E-state index in [4.69, 9.17) is 9.47 Å². The van der Waals surface area contributed by atoms with Crippen molar-refractivity contribution in [1.82, 2.24) is 0 Å². The first-order chi connectivity index (χ1) is 24.4. The number of aliphatic hydroxyl groups excluding tert-OH is 2. The van der Waals surface area contributed by atoms with Crippen LogP contribution in [0.5, 0.6) is 11.5 Å². The summed E-state index contributed by atoms with van der Waals surface area (Å²) in [6.45, 7) is 3.38. The van der Waals surface area contributed by atoms with Gasteiger partial charge in [0.05, 0.1) is 18.9 Å². The van der Waals surface area contributed by atoms with Crippen molar-refractivity contribution in [3.63, 3.8) is 0 Å². The normalized spacial score (nSPS) is 16.5. The van der Waals surface area contributed by atoms with E-state index in [0.29, 0.717) is 11.5 Å². The molecule has 250 valence electrons. The maximum Gasteiger partial charge on any atom is 0.251 e. The predicted octanol–water partition coefficient (Wildman–Crippen LogP) is 8.55. The lowest BCUT2D eigenvalue weighted by molar-refractivity contribution is -0.120. The van der Waals surface area contributed by atoms with Gasteiger partial charge in [0.25, 0.3) is 5.91 Å². The van der Waals surface area contributed by atoms with Gasteiger partial charge in [-0.25, -0.2) is 0 Å². The zero-order valence-corrected chi connectivity index (χ0v) is 28.1. The Hall–Kier alpha value is -5.69. The van der Waals surface area contributed by atoms with Gasteiger partial charge in [-0.2, -0.15) is 0 Å². The first-order valence-electron chi connectivity index (χ1n) is 16.9. The summed E-state index contributed by atoms with van der Waals surface area (Å²) >= 11 is 0. The van der Waals surface area contributed by atoms with Gasteiger partial charge in [0.2, 0.25) is 0 Å². The minimum atomic E-state index is -1.28. The Morgan fingerprint density at radius 2 is 1.02 bits per heavy atom. The van der Waals surface area contributed by atoms with E-state index in [1.54, 1.807) is 0 Å². The molecule has 6 nitrogen and oxygen atoms in total. The second-order valence-corrected chi connectivity index (χ2v) is 12.6. The Labute approximate surface area is 292 Å². The van der Waals surface area contributed by atoms with Crippen LogP contribution in [-0.2, 0) is 10.2 Å². The van der Waals surface area contributed by atoms with Gasteiger partial charge in [-0.05, 0) is 78.6 Å². The molecule has 2 unspecified atom stereocenters. The van der Waals surface area contributed by atoms with Gasteiger partial charge in [-0.3, -0.25) is 9.69 Å². The number of aliphatic hydroxyl groups is 2. The predicted molar refractivity (Wildman–Crippen MR) is 198 cm³/mol. The van der Waals surface area contributed by atoms with Gasteiger partial charge in [0.15, 0.2) is 0 Å². The molecule has 1 aliphatic rings. The molecule has 7 rings (SSSR count). The number of amides is 1. The smallest absolute Gasteiger partial charge is 0.251 e. The summed E-state index contributed by atoms with van der Waals surface area (Å²) in [5.41, 5.74) is 6.16. The van der Waals surface area contributed by atoms with Crippen LogP contribution in [0, 0.1) is 0 Å². The molecule has 50 heavy (non-hydrogen) atoms. The number of ether oxygens (including phenoxy) is 2. The van der Waals surface area contributed by atoms with Crippen molar-refractivity contribution in [2.24, 2.45) is 0 Å². The molecular formula is C44H39NO5. The molecule has 0 saturated carbocycles. The third-order valence-corrected chi connectivity index (χ3v) is 9.25. The van der Waals surface area contributed by atoms with Crippen molar-refractivity contribution < 1.29 is 24.5 Å². The average molecular weight is 662 g/mol. The number of rotatable bonds is 11. The summed E-state index contributed by atoms with van der Waals surface area (Å²) < 4.78 is 12.5. The minimum Gasteiger partial charge on any atom is -0.488 e. The van der Waals surface area contributed by atoms with Gasteiger partial charge in [0.1, 0.15) is 29.1 Å². The number of hydrogen-bond acceptors (Lipinski definition) is 5. The number of hydrogen-bond donors (Lipinski definition) is 2. The minimum absolute atomic E-state index is 0.113. The topological polar surface area (TPSA) is 79.2 Å². The summed E-state index contributed by atoms with van der Waals surface area (Å²) in [6.07, 6.45) is -0.857. The largest absolute Gasteiger partial charge is 0.488 e. The summed E-state index contributed by atoms with van der Waals surface area (Å²) in [5.74, 6) is 1.11. The lowest BCUT2D eigenvalue weighted by Crippen LogP contribution is -2.40. The molecule has 0 aliphatic carbocycles. The van der Waals surface area contributed by atoms with E-state index in [0.717, 1.165) is 50.3 Å². The first-order valence-corrected chi connectivity index (χ1v) is 16.9. The summed E-state index contributed by atoms with van der Waals surface area (Å²) in [5, 5.41) is 19.7. The Morgan fingerprint density at radius 3 is 1.50 bits per heavy atom. The van der Waals surface area contributed by atoms with Gasteiger partial charge >= 0.3 is 0 Å². The third kappa shape index (κ3) is 5.83. The van der Waals surface area contributed by atoms with Crippen molar-refractivity contribution in [3.8, 4) is 33.8 Å². The number of anilines is 2. The summed E-state index contributed by atoms with van der Waals surface area (Å²) in [4.78, 5) is 17.4. The quantitative estimate of drug-likeness (QED) is 0.146. The second-order valence-electron chi connectivity index (χ2n) is 12.6. The fraction of sp³-hybridized carbons (Fsp3) is 0.159. The molecule has 6 aromatic rings. The van der Waals surface area contributed by atoms with Crippen LogP contribution in [0.2, 0.25) is 0 Å². The molecular weight excluding hydrogens is 622 g/mol. The molecule has 1 aliphatic heterocycles. The van der Waals surface area contributed by atoms with Gasteiger partial charge in [0, 0.05) is 22.4 Å². The standard InChI is InChI=1S/C44H39NO5/c1-30(28-46)49-41-24-22-34(26-37(41)32-14-6-3-7-15-32)44(39-20-12-13-21-40(39)45(43(44)48)36-18-10-5-11-19-36)35-23-25-42(50-31(2)29-47)38(27-35)33-16-8-4-9-17-33/h3-27,30-31,46-47H,28-29H2,1-2H3. The van der Waals surface area contributed by atoms with Crippen LogP contribution in [0.1, 0.15) is 30.5 Å². The fourth-order valence-corrected chi connectivity index (χ4v) is 6.86. The molecule has 0 fully saturated rings. The van der Waals surface area contributed by atoms with Crippen molar-refractivity contribution in [3.05, 3.63) is 168 Å². The molecule has 0 spiro atoms. The van der Waals surface area contributed by atoms with E-state index in [1.165, 1.54) is 0 Å². The number of nitrogens with zero attached hydrogens (tertiary/aromatic N) is 1. The number of fused-ring (bicyclic) bond motifs is 1. The third-order valence-electron chi connectivity index (χ3n) is 9.25. The van der Waals surface area contributed by atoms with Crippen LogP contribution in [0.15, 0.2) is 152 Å². The Bertz CT molecular complexity index is 2000. The van der Waals surface area contributed by atoms with Crippen molar-refractivity contribution in [2.45, 2.75) is 31.5 Å². The molecule has 1 amide bonds. The van der Waals surface area contributed by atoms with Crippen molar-refractivity contribution in [2.75, 3.05) is 18.1 Å². The van der Waals surface area contributed by atoms with E-state index in [9.17, 15) is 10.2 Å². The molecule has 2 N–H and O–H groups in total. The van der Waals surface area contributed by atoms with Gasteiger partial charge in [-0.15, -0.1) is 0 Å². The average Bonchev–Trinajstić information content (AvgIpc) is 3.44. The molecule has 6 heteroatoms. The molecule has 0 radical (unpaired) electrons. The molecule has 1 heterocycles. The Morgan fingerprint density at radius 1 is 0.580 bits per heavy atom. The van der Waals surface area contributed by atoms with E-state index in [1.807, 2.05) is 158 Å². The molecule has 0 saturated heterocycles. The van der Waals surface area contributed by atoms with E-state index in [-0.39, 0.29) is 19.1 Å². The first kappa shape index (κ1) is 32.8.